The number of imidazole rings is 1. The van der Waals surface area contributed by atoms with Crippen molar-refractivity contribution >= 4 is 17.4 Å². The Morgan fingerprint density at radius 2 is 1.63 bits per heavy atom. The number of nitrogens with zero attached hydrogens (tertiary/aromatic N) is 4. The minimum atomic E-state index is -0.116. The molecular formula is C32H33N4O2+. The van der Waals surface area contributed by atoms with Gasteiger partial charge in [-0.05, 0) is 23.6 Å². The van der Waals surface area contributed by atoms with E-state index >= 15 is 0 Å². The summed E-state index contributed by atoms with van der Waals surface area (Å²) in [5.74, 6) is 1.05. The van der Waals surface area contributed by atoms with Crippen LogP contribution in [0.15, 0.2) is 97.3 Å². The standard InChI is InChI=1S/C32H33N4O2/c1-24-33(22-29(37)26-13-7-4-8-14-26)19-20-34(24)23-30(38)35-18-17-32(2)27-15-9-10-16-28(27)36(31(32)35)21-25-11-5-3-6-12-25/h3-16,19-20,31H,17-18,21-23H2,1-2H3/q+1. The van der Waals surface area contributed by atoms with E-state index in [0.717, 1.165) is 25.3 Å². The zero-order chi connectivity index (χ0) is 26.3. The lowest BCUT2D eigenvalue weighted by Crippen LogP contribution is -2.51. The molecular weight excluding hydrogens is 472 g/mol. The molecule has 2 unspecified atom stereocenters. The molecule has 1 fully saturated rings. The van der Waals surface area contributed by atoms with Gasteiger partial charge in [0.2, 0.25) is 5.78 Å². The number of hydrogen-bond donors (Lipinski definition) is 0. The van der Waals surface area contributed by atoms with Crippen LogP contribution in [-0.4, -0.2) is 33.9 Å². The molecule has 0 aliphatic carbocycles. The molecule has 4 aromatic rings. The molecule has 6 heteroatoms. The number of benzene rings is 3. The van der Waals surface area contributed by atoms with Crippen LogP contribution in [0.1, 0.15) is 40.7 Å². The molecule has 0 N–H and O–H groups in total. The van der Waals surface area contributed by atoms with E-state index in [1.807, 2.05) is 64.8 Å². The number of carbonyl (C=O) groups is 2. The van der Waals surface area contributed by atoms with Gasteiger partial charge in [0.1, 0.15) is 18.6 Å². The number of likely N-dealkylation sites (tertiary alicyclic amines) is 1. The molecule has 2 aliphatic rings. The number of fused-ring (bicyclic) bond motifs is 3. The predicted molar refractivity (Wildman–Crippen MR) is 147 cm³/mol. The molecule has 6 rings (SSSR count). The van der Waals surface area contributed by atoms with Crippen LogP contribution in [0.25, 0.3) is 0 Å². The summed E-state index contributed by atoms with van der Waals surface area (Å²) in [6.45, 7) is 6.26. The number of rotatable bonds is 7. The molecule has 0 bridgehead atoms. The van der Waals surface area contributed by atoms with Gasteiger partial charge in [-0.1, -0.05) is 85.8 Å². The largest absolute Gasteiger partial charge is 0.346 e. The van der Waals surface area contributed by atoms with E-state index in [0.29, 0.717) is 5.56 Å². The van der Waals surface area contributed by atoms with Gasteiger partial charge in [-0.3, -0.25) is 9.59 Å². The Kier molecular flexibility index (Phi) is 6.10. The maximum absolute atomic E-state index is 13.9. The van der Waals surface area contributed by atoms with Gasteiger partial charge in [-0.2, -0.15) is 0 Å². The number of ketones is 1. The van der Waals surface area contributed by atoms with Crippen LogP contribution < -0.4 is 9.47 Å². The van der Waals surface area contributed by atoms with Crippen LogP contribution in [0.2, 0.25) is 0 Å². The van der Waals surface area contributed by atoms with Gasteiger partial charge in [-0.25, -0.2) is 9.13 Å². The van der Waals surface area contributed by atoms with Crippen molar-refractivity contribution in [3.8, 4) is 0 Å². The first-order valence-corrected chi connectivity index (χ1v) is 13.3. The second-order valence-electron chi connectivity index (χ2n) is 10.6. The van der Waals surface area contributed by atoms with Crippen LogP contribution in [0.4, 0.5) is 5.69 Å². The average molecular weight is 506 g/mol. The van der Waals surface area contributed by atoms with Crippen LogP contribution in [0.5, 0.6) is 0 Å². The van der Waals surface area contributed by atoms with E-state index in [1.165, 1.54) is 16.8 Å². The second kappa shape index (κ2) is 9.60. The molecule has 1 aromatic heterocycles. The third-order valence-electron chi connectivity index (χ3n) is 8.35. The highest BCUT2D eigenvalue weighted by molar-refractivity contribution is 5.95. The van der Waals surface area contributed by atoms with E-state index in [-0.39, 0.29) is 36.4 Å². The molecule has 2 atom stereocenters. The fraction of sp³-hybridized carbons (Fsp3) is 0.281. The highest BCUT2D eigenvalue weighted by atomic mass is 16.2. The maximum Gasteiger partial charge on any atom is 0.266 e. The smallest absolute Gasteiger partial charge is 0.266 e. The van der Waals surface area contributed by atoms with Crippen LogP contribution in [-0.2, 0) is 29.8 Å². The summed E-state index contributed by atoms with van der Waals surface area (Å²) in [4.78, 5) is 31.1. The fourth-order valence-electron chi connectivity index (χ4n) is 6.27. The van der Waals surface area contributed by atoms with Crippen molar-refractivity contribution in [3.63, 3.8) is 0 Å². The Balaban J connectivity index is 1.24. The Morgan fingerprint density at radius 1 is 0.947 bits per heavy atom. The topological polar surface area (TPSA) is 49.4 Å². The maximum atomic E-state index is 13.9. The van der Waals surface area contributed by atoms with E-state index in [1.54, 1.807) is 0 Å². The summed E-state index contributed by atoms with van der Waals surface area (Å²) < 4.78 is 3.88. The number of Topliss-reactive ketones (excluding diaryl/α,β-unsaturated/α-hetero) is 1. The van der Waals surface area contributed by atoms with Crippen LogP contribution >= 0.6 is 0 Å². The third-order valence-corrected chi connectivity index (χ3v) is 8.35. The normalized spacial score (nSPS) is 19.9. The predicted octanol–water partition coefficient (Wildman–Crippen LogP) is 4.50. The van der Waals surface area contributed by atoms with E-state index in [2.05, 4.69) is 65.3 Å². The molecule has 6 nitrogen and oxygen atoms in total. The highest BCUT2D eigenvalue weighted by Crippen LogP contribution is 2.52. The van der Waals surface area contributed by atoms with Crippen molar-refractivity contribution < 1.29 is 14.2 Å². The lowest BCUT2D eigenvalue weighted by Gasteiger charge is -2.36. The summed E-state index contributed by atoms with van der Waals surface area (Å²) in [5, 5.41) is 0. The molecule has 0 spiro atoms. The average Bonchev–Trinajstić information content (AvgIpc) is 3.55. The van der Waals surface area contributed by atoms with Gasteiger partial charge in [0.15, 0.2) is 13.1 Å². The highest BCUT2D eigenvalue weighted by Gasteiger charge is 2.55. The Bertz CT molecular complexity index is 1480. The third kappa shape index (κ3) is 4.10. The quantitative estimate of drug-likeness (QED) is 0.274. The van der Waals surface area contributed by atoms with E-state index in [4.69, 9.17) is 0 Å². The molecule has 3 aromatic carbocycles. The molecule has 38 heavy (non-hydrogen) atoms. The minimum Gasteiger partial charge on any atom is -0.346 e. The lowest BCUT2D eigenvalue weighted by atomic mass is 9.81. The van der Waals surface area contributed by atoms with Crippen molar-refractivity contribution in [2.24, 2.45) is 0 Å². The molecule has 1 amide bonds. The summed E-state index contributed by atoms with van der Waals surface area (Å²) in [5.41, 5.74) is 4.35. The summed E-state index contributed by atoms with van der Waals surface area (Å²) >= 11 is 0. The number of amides is 1. The van der Waals surface area contributed by atoms with Crippen LogP contribution in [0, 0.1) is 6.92 Å². The number of anilines is 1. The Labute approximate surface area is 223 Å². The van der Waals surface area contributed by atoms with Gasteiger partial charge in [0.05, 0.1) is 0 Å². The van der Waals surface area contributed by atoms with Crippen molar-refractivity contribution in [3.05, 3.63) is 120 Å². The number of hydrogen-bond acceptors (Lipinski definition) is 3. The van der Waals surface area contributed by atoms with E-state index in [9.17, 15) is 9.59 Å². The summed E-state index contributed by atoms with van der Waals surface area (Å²) in [6, 6.07) is 28.4. The first-order chi connectivity index (χ1) is 18.5. The molecule has 2 aliphatic heterocycles. The first-order valence-electron chi connectivity index (χ1n) is 13.3. The van der Waals surface area contributed by atoms with Crippen molar-refractivity contribution in [1.29, 1.82) is 0 Å². The van der Waals surface area contributed by atoms with Crippen LogP contribution in [0.3, 0.4) is 0 Å². The SMILES string of the molecule is Cc1n(CC(=O)N2CCC3(C)c4ccccc4N(Cc4ccccc4)C23)cc[n+]1CC(=O)c1ccccc1. The zero-order valence-electron chi connectivity index (χ0n) is 22.0. The number of para-hydroxylation sites is 1. The summed E-state index contributed by atoms with van der Waals surface area (Å²) in [7, 11) is 0. The van der Waals surface area contributed by atoms with Gasteiger partial charge >= 0.3 is 0 Å². The summed E-state index contributed by atoms with van der Waals surface area (Å²) in [6.07, 6.45) is 4.70. The molecule has 0 saturated carbocycles. The Hall–Kier alpha value is -4.19. The van der Waals surface area contributed by atoms with Crippen molar-refractivity contribution in [2.75, 3.05) is 11.4 Å². The fourth-order valence-corrected chi connectivity index (χ4v) is 6.27. The van der Waals surface area contributed by atoms with Gasteiger partial charge in [-0.15, -0.1) is 0 Å². The van der Waals surface area contributed by atoms with Crippen molar-refractivity contribution in [2.45, 2.75) is 51.5 Å². The number of carbonyl (C=O) groups excluding carboxylic acids is 2. The zero-order valence-corrected chi connectivity index (χ0v) is 22.0. The lowest BCUT2D eigenvalue weighted by molar-refractivity contribution is -0.688. The minimum absolute atomic E-state index is 0.0322. The molecule has 1 saturated heterocycles. The van der Waals surface area contributed by atoms with Gasteiger partial charge < -0.3 is 9.80 Å². The van der Waals surface area contributed by atoms with E-state index < -0.39 is 0 Å². The van der Waals surface area contributed by atoms with Crippen molar-refractivity contribution in [1.82, 2.24) is 9.47 Å². The second-order valence-corrected chi connectivity index (χ2v) is 10.6. The molecule has 0 radical (unpaired) electrons. The first kappa shape index (κ1) is 24.2. The van der Waals surface area contributed by atoms with Gasteiger partial charge in [0.25, 0.3) is 11.7 Å². The monoisotopic (exact) mass is 505 g/mol. The number of aromatic nitrogens is 2. The van der Waals surface area contributed by atoms with Gasteiger partial charge in [0, 0.05) is 36.7 Å². The molecule has 3 heterocycles. The Morgan fingerprint density at radius 3 is 2.39 bits per heavy atom. The molecule has 192 valence electrons.